The molecule has 0 fully saturated rings. The molecule has 5 nitrogen and oxygen atoms in total. The van der Waals surface area contributed by atoms with Crippen LogP contribution in [0.4, 0.5) is 0 Å². The van der Waals surface area contributed by atoms with Crippen molar-refractivity contribution in [1.29, 1.82) is 0 Å². The highest BCUT2D eigenvalue weighted by Gasteiger charge is 2.36. The fourth-order valence-corrected chi connectivity index (χ4v) is 3.73. The van der Waals surface area contributed by atoms with Crippen LogP contribution in [0.2, 0.25) is 0 Å². The zero-order valence-electron chi connectivity index (χ0n) is 15.6. The lowest BCUT2D eigenvalue weighted by Gasteiger charge is -2.22. The minimum absolute atomic E-state index is 0.0166. The van der Waals surface area contributed by atoms with Crippen LogP contribution in [0.15, 0.2) is 66.7 Å². The van der Waals surface area contributed by atoms with Crippen molar-refractivity contribution in [3.8, 4) is 0 Å². The van der Waals surface area contributed by atoms with Crippen LogP contribution in [0.3, 0.4) is 0 Å². The Balaban J connectivity index is 1.40. The zero-order chi connectivity index (χ0) is 19.7. The molecule has 142 valence electrons. The lowest BCUT2D eigenvalue weighted by atomic mass is 9.99. The van der Waals surface area contributed by atoms with Gasteiger partial charge in [0.15, 0.2) is 0 Å². The van der Waals surface area contributed by atoms with Gasteiger partial charge in [-0.2, -0.15) is 0 Å². The van der Waals surface area contributed by atoms with Gasteiger partial charge in [0.25, 0.3) is 11.8 Å². The first-order valence-electron chi connectivity index (χ1n) is 9.40. The second-order valence-corrected chi connectivity index (χ2v) is 7.12. The molecule has 28 heavy (non-hydrogen) atoms. The fraction of sp³-hybridized carbons (Fsp3) is 0.217. The van der Waals surface area contributed by atoms with Gasteiger partial charge in [0.2, 0.25) is 0 Å². The van der Waals surface area contributed by atoms with E-state index in [1.165, 1.54) is 10.8 Å². The summed E-state index contributed by atoms with van der Waals surface area (Å²) in [5.41, 5.74) is 1.94. The van der Waals surface area contributed by atoms with Crippen LogP contribution in [0, 0.1) is 0 Å². The maximum Gasteiger partial charge on any atom is 0.261 e. The van der Waals surface area contributed by atoms with Crippen LogP contribution in [0.5, 0.6) is 0 Å². The highest BCUT2D eigenvalue weighted by molar-refractivity contribution is 6.21. The largest absolute Gasteiger partial charge is 0.390 e. The van der Waals surface area contributed by atoms with E-state index in [9.17, 15) is 14.7 Å². The first-order valence-corrected chi connectivity index (χ1v) is 9.40. The van der Waals surface area contributed by atoms with E-state index < -0.39 is 6.10 Å². The summed E-state index contributed by atoms with van der Waals surface area (Å²) < 4.78 is 0. The highest BCUT2D eigenvalue weighted by Crippen LogP contribution is 2.25. The van der Waals surface area contributed by atoms with Crippen molar-refractivity contribution in [2.45, 2.75) is 19.1 Å². The Morgan fingerprint density at radius 3 is 2.21 bits per heavy atom. The number of carbonyl (C=O) groups excluding carboxylic acids is 2. The third kappa shape index (κ3) is 3.30. The van der Waals surface area contributed by atoms with Gasteiger partial charge in [-0.15, -0.1) is 0 Å². The summed E-state index contributed by atoms with van der Waals surface area (Å²) in [6, 6.07) is 21.1. The van der Waals surface area contributed by atoms with Crippen molar-refractivity contribution in [3.63, 3.8) is 0 Å². The summed E-state index contributed by atoms with van der Waals surface area (Å²) in [5, 5.41) is 16.1. The van der Waals surface area contributed by atoms with Crippen LogP contribution in [0.25, 0.3) is 10.8 Å². The monoisotopic (exact) mass is 374 g/mol. The summed E-state index contributed by atoms with van der Waals surface area (Å²) in [4.78, 5) is 26.0. The number of nitrogens with one attached hydrogen (secondary N) is 1. The number of hydrogen-bond donors (Lipinski definition) is 2. The Morgan fingerprint density at radius 2 is 1.50 bits per heavy atom. The van der Waals surface area contributed by atoms with Crippen molar-refractivity contribution >= 4 is 22.6 Å². The van der Waals surface area contributed by atoms with E-state index in [1.54, 1.807) is 24.3 Å². The van der Waals surface area contributed by atoms with Gasteiger partial charge in [0.1, 0.15) is 0 Å². The SMILES string of the molecule is C[C@H](NC[C@H](O)CN1C(=O)c2ccccc2C1=O)c1cccc2ccccc12. The molecule has 1 aliphatic rings. The number of nitrogens with zero attached hydrogens (tertiary/aromatic N) is 1. The molecule has 0 saturated carbocycles. The van der Waals surface area contributed by atoms with Gasteiger partial charge in [0.05, 0.1) is 23.8 Å². The molecule has 2 atom stereocenters. The highest BCUT2D eigenvalue weighted by atomic mass is 16.3. The molecule has 0 radical (unpaired) electrons. The van der Waals surface area contributed by atoms with Gasteiger partial charge < -0.3 is 10.4 Å². The minimum atomic E-state index is -0.848. The molecule has 0 bridgehead atoms. The number of amides is 2. The molecule has 4 rings (SSSR count). The second-order valence-electron chi connectivity index (χ2n) is 7.12. The fourth-order valence-electron chi connectivity index (χ4n) is 3.73. The lowest BCUT2D eigenvalue weighted by molar-refractivity contribution is 0.0541. The number of aliphatic hydroxyl groups is 1. The molecule has 0 aliphatic carbocycles. The first kappa shape index (κ1) is 18.3. The molecular formula is C23H22N2O3. The quantitative estimate of drug-likeness (QED) is 0.651. The lowest BCUT2D eigenvalue weighted by Crippen LogP contribution is -2.41. The number of β-amino-alcohol motifs (C(OH)–C–C–N with tert-alkyl or cyclic N) is 1. The normalized spacial score (nSPS) is 15.7. The summed E-state index contributed by atoms with van der Waals surface area (Å²) in [6.45, 7) is 2.29. The molecular weight excluding hydrogens is 352 g/mol. The van der Waals surface area contributed by atoms with Crippen molar-refractivity contribution in [3.05, 3.63) is 83.4 Å². The summed E-state index contributed by atoms with van der Waals surface area (Å²) in [7, 11) is 0. The molecule has 3 aromatic rings. The number of carbonyl (C=O) groups is 2. The van der Waals surface area contributed by atoms with Gasteiger partial charge in [-0.05, 0) is 35.4 Å². The Kier molecular flexibility index (Phi) is 4.94. The third-order valence-electron chi connectivity index (χ3n) is 5.22. The van der Waals surface area contributed by atoms with Crippen LogP contribution in [-0.4, -0.2) is 41.0 Å². The molecule has 2 N–H and O–H groups in total. The van der Waals surface area contributed by atoms with Crippen molar-refractivity contribution in [2.24, 2.45) is 0 Å². The van der Waals surface area contributed by atoms with E-state index in [0.29, 0.717) is 11.1 Å². The van der Waals surface area contributed by atoms with E-state index in [-0.39, 0.29) is 30.9 Å². The minimum Gasteiger partial charge on any atom is -0.390 e. The summed E-state index contributed by atoms with van der Waals surface area (Å²) in [5.74, 6) is -0.691. The van der Waals surface area contributed by atoms with E-state index in [4.69, 9.17) is 0 Å². The summed E-state index contributed by atoms with van der Waals surface area (Å²) in [6.07, 6.45) is -0.848. The van der Waals surface area contributed by atoms with Crippen LogP contribution < -0.4 is 5.32 Å². The molecule has 1 heterocycles. The topological polar surface area (TPSA) is 69.6 Å². The number of imide groups is 1. The number of rotatable bonds is 6. The van der Waals surface area contributed by atoms with E-state index in [1.807, 2.05) is 25.1 Å². The molecule has 0 aromatic heterocycles. The smallest absolute Gasteiger partial charge is 0.261 e. The average molecular weight is 374 g/mol. The molecule has 0 saturated heterocycles. The van der Waals surface area contributed by atoms with Crippen LogP contribution >= 0.6 is 0 Å². The van der Waals surface area contributed by atoms with Crippen LogP contribution in [-0.2, 0) is 0 Å². The van der Waals surface area contributed by atoms with E-state index in [0.717, 1.165) is 10.5 Å². The van der Waals surface area contributed by atoms with Gasteiger partial charge in [0, 0.05) is 12.6 Å². The van der Waals surface area contributed by atoms with Gasteiger partial charge in [-0.1, -0.05) is 54.6 Å². The van der Waals surface area contributed by atoms with E-state index in [2.05, 4.69) is 29.6 Å². The zero-order valence-corrected chi connectivity index (χ0v) is 15.6. The van der Waals surface area contributed by atoms with Crippen molar-refractivity contribution < 1.29 is 14.7 Å². The maximum atomic E-state index is 12.4. The maximum absolute atomic E-state index is 12.4. The Bertz CT molecular complexity index is 1010. The number of hydrogen-bond acceptors (Lipinski definition) is 4. The first-order chi connectivity index (χ1) is 13.6. The van der Waals surface area contributed by atoms with Crippen molar-refractivity contribution in [2.75, 3.05) is 13.1 Å². The summed E-state index contributed by atoms with van der Waals surface area (Å²) >= 11 is 0. The predicted octanol–water partition coefficient (Wildman–Crippen LogP) is 3.15. The molecule has 2 amide bonds. The van der Waals surface area contributed by atoms with Crippen LogP contribution in [0.1, 0.15) is 39.2 Å². The average Bonchev–Trinajstić information content (AvgIpc) is 2.96. The Morgan fingerprint density at radius 1 is 0.893 bits per heavy atom. The molecule has 0 unspecified atom stereocenters. The van der Waals surface area contributed by atoms with E-state index >= 15 is 0 Å². The van der Waals surface area contributed by atoms with Gasteiger partial charge in [-0.25, -0.2) is 0 Å². The van der Waals surface area contributed by atoms with Gasteiger partial charge in [-0.3, -0.25) is 14.5 Å². The molecule has 1 aliphatic heterocycles. The number of fused-ring (bicyclic) bond motifs is 2. The second kappa shape index (κ2) is 7.54. The number of benzene rings is 3. The Labute approximate surface area is 163 Å². The number of aliphatic hydroxyl groups excluding tert-OH is 1. The molecule has 0 spiro atoms. The Hall–Kier alpha value is -3.02. The predicted molar refractivity (Wildman–Crippen MR) is 108 cm³/mol. The standard InChI is InChI=1S/C23H22N2O3/c1-15(18-12-6-8-16-7-2-3-9-19(16)18)24-13-17(26)14-25-22(27)20-10-4-5-11-21(20)23(25)28/h2-12,15,17,24,26H,13-14H2,1H3/t15-,17-/m0/s1. The van der Waals surface area contributed by atoms with Crippen molar-refractivity contribution in [1.82, 2.24) is 10.2 Å². The molecule has 3 aromatic carbocycles. The van der Waals surface area contributed by atoms with Gasteiger partial charge >= 0.3 is 0 Å². The third-order valence-corrected chi connectivity index (χ3v) is 5.22. The molecule has 5 heteroatoms.